The predicted molar refractivity (Wildman–Crippen MR) is 96.9 cm³/mol. The maximum Gasteiger partial charge on any atom is 0.185 e. The molecule has 0 bridgehead atoms. The highest BCUT2D eigenvalue weighted by atomic mass is 19.1. The minimum atomic E-state index is -0.621. The van der Waals surface area contributed by atoms with Crippen LogP contribution < -0.4 is 4.74 Å². The summed E-state index contributed by atoms with van der Waals surface area (Å²) in [5.74, 6) is -1.44. The van der Waals surface area contributed by atoms with Gasteiger partial charge in [-0.15, -0.1) is 0 Å². The quantitative estimate of drug-likeness (QED) is 0.437. The van der Waals surface area contributed by atoms with Crippen molar-refractivity contribution in [3.63, 3.8) is 0 Å². The van der Waals surface area contributed by atoms with E-state index in [4.69, 9.17) is 4.74 Å². The first-order valence-electron chi connectivity index (χ1n) is 8.06. The van der Waals surface area contributed by atoms with Gasteiger partial charge in [0.2, 0.25) is 0 Å². The van der Waals surface area contributed by atoms with Crippen LogP contribution in [0, 0.1) is 11.6 Å². The summed E-state index contributed by atoms with van der Waals surface area (Å²) in [6, 6.07) is 19.4. The van der Waals surface area contributed by atoms with E-state index in [1.165, 1.54) is 6.08 Å². The van der Waals surface area contributed by atoms with E-state index in [1.807, 2.05) is 30.3 Å². The van der Waals surface area contributed by atoms with Crippen LogP contribution in [0.15, 0.2) is 78.9 Å². The summed E-state index contributed by atoms with van der Waals surface area (Å²) < 4.78 is 31.9. The molecule has 0 radical (unpaired) electrons. The predicted octanol–water partition coefficient (Wildman–Crippen LogP) is 5.44. The Morgan fingerprint density at radius 2 is 1.65 bits per heavy atom. The molecule has 4 heteroatoms. The summed E-state index contributed by atoms with van der Waals surface area (Å²) in [7, 11) is 0. The number of hydrogen-bond acceptors (Lipinski definition) is 2. The molecule has 3 aromatic carbocycles. The van der Waals surface area contributed by atoms with Crippen molar-refractivity contribution in [2.45, 2.75) is 6.61 Å². The van der Waals surface area contributed by atoms with Crippen LogP contribution >= 0.6 is 0 Å². The average molecular weight is 350 g/mol. The second-order valence-corrected chi connectivity index (χ2v) is 5.67. The fourth-order valence-electron chi connectivity index (χ4n) is 2.35. The molecule has 0 aromatic heterocycles. The lowest BCUT2D eigenvalue weighted by Crippen LogP contribution is -1.99. The van der Waals surface area contributed by atoms with E-state index in [0.717, 1.165) is 29.3 Å². The van der Waals surface area contributed by atoms with Crippen molar-refractivity contribution >= 4 is 11.9 Å². The molecule has 3 rings (SSSR count). The van der Waals surface area contributed by atoms with Gasteiger partial charge in [-0.1, -0.05) is 60.7 Å². The molecule has 0 fully saturated rings. The monoisotopic (exact) mass is 350 g/mol. The van der Waals surface area contributed by atoms with Gasteiger partial charge in [0.1, 0.15) is 12.4 Å². The molecule has 0 aliphatic carbocycles. The third-order valence-electron chi connectivity index (χ3n) is 3.75. The molecule has 0 saturated carbocycles. The second kappa shape index (κ2) is 8.21. The van der Waals surface area contributed by atoms with Crippen molar-refractivity contribution in [3.8, 4) is 5.75 Å². The van der Waals surface area contributed by atoms with E-state index < -0.39 is 11.6 Å². The standard InChI is InChI=1S/C22H16F2O2/c23-19-11-12-20(24)22(14-19)26-15-17-6-9-18(10-7-17)21(25)13-8-16-4-2-1-3-5-16/h1-14H,15H2/b13-8+. The van der Waals surface area contributed by atoms with Gasteiger partial charge < -0.3 is 4.74 Å². The Hall–Kier alpha value is -3.27. The molecule has 0 saturated heterocycles. The first-order valence-corrected chi connectivity index (χ1v) is 8.06. The number of ketones is 1. The zero-order valence-corrected chi connectivity index (χ0v) is 13.9. The molecule has 0 amide bonds. The highest BCUT2D eigenvalue weighted by molar-refractivity contribution is 6.06. The molecule has 0 atom stereocenters. The maximum atomic E-state index is 13.5. The summed E-state index contributed by atoms with van der Waals surface area (Å²) in [5, 5.41) is 0. The van der Waals surface area contributed by atoms with E-state index in [-0.39, 0.29) is 18.1 Å². The van der Waals surface area contributed by atoms with E-state index >= 15 is 0 Å². The topological polar surface area (TPSA) is 26.3 Å². The van der Waals surface area contributed by atoms with Gasteiger partial charge >= 0.3 is 0 Å². The number of halogens is 2. The molecule has 0 heterocycles. The Balaban J connectivity index is 1.62. The van der Waals surface area contributed by atoms with Crippen LogP contribution in [0.2, 0.25) is 0 Å². The van der Waals surface area contributed by atoms with Gasteiger partial charge in [-0.25, -0.2) is 8.78 Å². The minimum Gasteiger partial charge on any atom is -0.486 e. The maximum absolute atomic E-state index is 13.5. The normalized spacial score (nSPS) is 10.8. The summed E-state index contributed by atoms with van der Waals surface area (Å²) in [4.78, 5) is 12.2. The molecule has 0 spiro atoms. The number of carbonyl (C=O) groups is 1. The smallest absolute Gasteiger partial charge is 0.185 e. The van der Waals surface area contributed by atoms with Gasteiger partial charge in [0.15, 0.2) is 17.3 Å². The van der Waals surface area contributed by atoms with Gasteiger partial charge in [-0.05, 0) is 29.3 Å². The van der Waals surface area contributed by atoms with Gasteiger partial charge in [0, 0.05) is 11.6 Å². The van der Waals surface area contributed by atoms with Gasteiger partial charge in [-0.3, -0.25) is 4.79 Å². The minimum absolute atomic E-state index is 0.0781. The summed E-state index contributed by atoms with van der Waals surface area (Å²) >= 11 is 0. The van der Waals surface area contributed by atoms with Crippen molar-refractivity contribution in [2.24, 2.45) is 0 Å². The molecule has 0 unspecified atom stereocenters. The number of hydrogen-bond donors (Lipinski definition) is 0. The number of rotatable bonds is 6. The van der Waals surface area contributed by atoms with E-state index in [1.54, 1.807) is 30.3 Å². The van der Waals surface area contributed by atoms with Crippen LogP contribution in [0.3, 0.4) is 0 Å². The van der Waals surface area contributed by atoms with E-state index in [9.17, 15) is 13.6 Å². The molecule has 0 aliphatic heterocycles. The summed E-state index contributed by atoms with van der Waals surface area (Å²) in [6.07, 6.45) is 3.27. The fourth-order valence-corrected chi connectivity index (χ4v) is 2.35. The lowest BCUT2D eigenvalue weighted by molar-refractivity contribution is 0.104. The molecule has 0 aliphatic rings. The van der Waals surface area contributed by atoms with E-state index in [0.29, 0.717) is 5.56 Å². The van der Waals surface area contributed by atoms with Crippen LogP contribution in [0.1, 0.15) is 21.5 Å². The Kier molecular flexibility index (Phi) is 5.54. The lowest BCUT2D eigenvalue weighted by atomic mass is 10.1. The Morgan fingerprint density at radius 3 is 2.38 bits per heavy atom. The van der Waals surface area contributed by atoms with Crippen molar-refractivity contribution in [1.82, 2.24) is 0 Å². The number of carbonyl (C=O) groups excluding carboxylic acids is 1. The van der Waals surface area contributed by atoms with Crippen LogP contribution in [-0.2, 0) is 6.61 Å². The molecule has 26 heavy (non-hydrogen) atoms. The molecule has 2 nitrogen and oxygen atoms in total. The zero-order chi connectivity index (χ0) is 18.4. The molecule has 3 aromatic rings. The SMILES string of the molecule is O=C(/C=C/c1ccccc1)c1ccc(COc2cc(F)ccc2F)cc1. The van der Waals surface area contributed by atoms with E-state index in [2.05, 4.69) is 0 Å². The Bertz CT molecular complexity index is 917. The van der Waals surface area contributed by atoms with Crippen LogP contribution in [0.4, 0.5) is 8.78 Å². The first kappa shape index (κ1) is 17.5. The van der Waals surface area contributed by atoms with Crippen LogP contribution in [0.5, 0.6) is 5.75 Å². The summed E-state index contributed by atoms with van der Waals surface area (Å²) in [6.45, 7) is 0.0781. The zero-order valence-electron chi connectivity index (χ0n) is 13.9. The van der Waals surface area contributed by atoms with Crippen LogP contribution in [0.25, 0.3) is 6.08 Å². The third-order valence-corrected chi connectivity index (χ3v) is 3.75. The second-order valence-electron chi connectivity index (χ2n) is 5.67. The van der Waals surface area contributed by atoms with Gasteiger partial charge in [-0.2, -0.15) is 0 Å². The van der Waals surface area contributed by atoms with Crippen molar-refractivity contribution in [1.29, 1.82) is 0 Å². The largest absolute Gasteiger partial charge is 0.486 e. The highest BCUT2D eigenvalue weighted by Crippen LogP contribution is 2.19. The Labute approximate surface area is 150 Å². The lowest BCUT2D eigenvalue weighted by Gasteiger charge is -2.08. The molecular formula is C22H16F2O2. The fraction of sp³-hybridized carbons (Fsp3) is 0.0455. The first-order chi connectivity index (χ1) is 12.6. The molecule has 130 valence electrons. The van der Waals surface area contributed by atoms with Crippen LogP contribution in [-0.4, -0.2) is 5.78 Å². The molecular weight excluding hydrogens is 334 g/mol. The van der Waals surface area contributed by atoms with Gasteiger partial charge in [0.05, 0.1) is 0 Å². The van der Waals surface area contributed by atoms with Crippen molar-refractivity contribution in [2.75, 3.05) is 0 Å². The average Bonchev–Trinajstić information content (AvgIpc) is 2.68. The summed E-state index contributed by atoms with van der Waals surface area (Å²) in [5.41, 5.74) is 2.23. The number of benzene rings is 3. The van der Waals surface area contributed by atoms with Crippen molar-refractivity contribution in [3.05, 3.63) is 107 Å². The number of ether oxygens (including phenoxy) is 1. The Morgan fingerprint density at radius 1 is 0.923 bits per heavy atom. The van der Waals surface area contributed by atoms with Crippen molar-refractivity contribution < 1.29 is 18.3 Å². The van der Waals surface area contributed by atoms with Gasteiger partial charge in [0.25, 0.3) is 0 Å². The molecule has 0 N–H and O–H groups in total. The highest BCUT2D eigenvalue weighted by Gasteiger charge is 2.06. The third kappa shape index (κ3) is 4.63. The number of allylic oxidation sites excluding steroid dienone is 1.